The van der Waals surface area contributed by atoms with Gasteiger partial charge >= 0.3 is 0 Å². The molecule has 0 saturated carbocycles. The SMILES string of the molecule is COc1ccc(S(=O)(=O)n2ccc3c(Nc4cccc(O)c4)ccc(N=O)c32)cc1. The van der Waals surface area contributed by atoms with Gasteiger partial charge < -0.3 is 15.2 Å². The summed E-state index contributed by atoms with van der Waals surface area (Å²) in [7, 11) is -2.49. The fraction of sp³-hybridized carbons (Fsp3) is 0.0476. The van der Waals surface area contributed by atoms with Crippen LogP contribution in [0.4, 0.5) is 17.1 Å². The van der Waals surface area contributed by atoms with Crippen LogP contribution in [0.5, 0.6) is 11.5 Å². The molecule has 0 spiro atoms. The summed E-state index contributed by atoms with van der Waals surface area (Å²) in [4.78, 5) is 11.4. The Labute approximate surface area is 172 Å². The number of fused-ring (bicyclic) bond motifs is 1. The smallest absolute Gasteiger partial charge is 0.268 e. The molecule has 0 atom stereocenters. The number of anilines is 2. The number of benzene rings is 3. The third kappa shape index (κ3) is 3.35. The number of methoxy groups -OCH3 is 1. The van der Waals surface area contributed by atoms with Crippen molar-refractivity contribution in [1.82, 2.24) is 3.97 Å². The monoisotopic (exact) mass is 423 g/mol. The van der Waals surface area contributed by atoms with Crippen LogP contribution < -0.4 is 10.1 Å². The average Bonchev–Trinajstić information content (AvgIpc) is 3.21. The van der Waals surface area contributed by atoms with Crippen LogP contribution in [0.2, 0.25) is 0 Å². The summed E-state index contributed by atoms with van der Waals surface area (Å²) in [5.41, 5.74) is 1.32. The Hall–Kier alpha value is -3.85. The Morgan fingerprint density at radius 1 is 1.03 bits per heavy atom. The lowest BCUT2D eigenvalue weighted by atomic mass is 10.2. The average molecular weight is 423 g/mol. The van der Waals surface area contributed by atoms with Crippen LogP contribution >= 0.6 is 0 Å². The predicted molar refractivity (Wildman–Crippen MR) is 114 cm³/mol. The lowest BCUT2D eigenvalue weighted by Gasteiger charge is -2.12. The fourth-order valence-electron chi connectivity index (χ4n) is 3.20. The summed E-state index contributed by atoms with van der Waals surface area (Å²) < 4.78 is 32.5. The number of rotatable bonds is 6. The third-order valence-corrected chi connectivity index (χ3v) is 6.32. The summed E-state index contributed by atoms with van der Waals surface area (Å²) in [6.45, 7) is 0. The van der Waals surface area contributed by atoms with E-state index in [9.17, 15) is 18.4 Å². The van der Waals surface area contributed by atoms with Crippen molar-refractivity contribution in [3.63, 3.8) is 0 Å². The van der Waals surface area contributed by atoms with Gasteiger partial charge in [-0.1, -0.05) is 6.07 Å². The number of nitrogens with zero attached hydrogens (tertiary/aromatic N) is 2. The number of aromatic nitrogens is 1. The van der Waals surface area contributed by atoms with E-state index in [0.29, 0.717) is 22.5 Å². The summed E-state index contributed by atoms with van der Waals surface area (Å²) >= 11 is 0. The highest BCUT2D eigenvalue weighted by molar-refractivity contribution is 7.90. The molecule has 0 aliphatic heterocycles. The van der Waals surface area contributed by atoms with Gasteiger partial charge in [-0.05, 0) is 59.8 Å². The van der Waals surface area contributed by atoms with E-state index in [0.717, 1.165) is 3.97 Å². The van der Waals surface area contributed by atoms with E-state index in [1.807, 2.05) is 0 Å². The van der Waals surface area contributed by atoms with E-state index in [-0.39, 0.29) is 21.8 Å². The molecule has 9 heteroatoms. The van der Waals surface area contributed by atoms with Crippen LogP contribution in [-0.4, -0.2) is 24.6 Å². The zero-order chi connectivity index (χ0) is 21.3. The van der Waals surface area contributed by atoms with Crippen molar-refractivity contribution in [1.29, 1.82) is 0 Å². The van der Waals surface area contributed by atoms with Gasteiger partial charge in [0.05, 0.1) is 17.5 Å². The Kier molecular flexibility index (Phi) is 4.88. The van der Waals surface area contributed by atoms with E-state index in [1.54, 1.807) is 36.4 Å². The standard InChI is InChI=1S/C21H17N3O5S/c1-29-16-5-7-17(8-6-16)30(27,28)24-12-11-18-19(9-10-20(23-26)21(18)24)22-14-3-2-4-15(25)13-14/h2-13,22,25H,1H3. The number of hydrogen-bond donors (Lipinski definition) is 2. The molecule has 0 radical (unpaired) electrons. The van der Waals surface area contributed by atoms with Crippen LogP contribution in [0.15, 0.2) is 83.0 Å². The number of aromatic hydroxyl groups is 1. The van der Waals surface area contributed by atoms with Crippen molar-refractivity contribution >= 4 is 38.0 Å². The summed E-state index contributed by atoms with van der Waals surface area (Å²) in [5.74, 6) is 0.612. The van der Waals surface area contributed by atoms with Crippen LogP contribution in [0, 0.1) is 4.91 Å². The van der Waals surface area contributed by atoms with Gasteiger partial charge in [-0.25, -0.2) is 12.4 Å². The van der Waals surface area contributed by atoms with E-state index in [2.05, 4.69) is 10.5 Å². The number of phenols is 1. The molecule has 0 aliphatic rings. The number of nitroso groups, excluding NO2 is 1. The minimum Gasteiger partial charge on any atom is -0.508 e. The molecule has 0 bridgehead atoms. The van der Waals surface area contributed by atoms with E-state index < -0.39 is 10.0 Å². The van der Waals surface area contributed by atoms with Gasteiger partial charge in [0.1, 0.15) is 17.2 Å². The van der Waals surface area contributed by atoms with Crippen molar-refractivity contribution in [2.45, 2.75) is 4.90 Å². The highest BCUT2D eigenvalue weighted by atomic mass is 32.2. The van der Waals surface area contributed by atoms with Crippen molar-refractivity contribution in [2.24, 2.45) is 5.18 Å². The first-order valence-corrected chi connectivity index (χ1v) is 10.3. The molecular weight excluding hydrogens is 406 g/mol. The van der Waals surface area contributed by atoms with Gasteiger partial charge in [0, 0.05) is 29.0 Å². The zero-order valence-electron chi connectivity index (χ0n) is 15.8. The van der Waals surface area contributed by atoms with Crippen molar-refractivity contribution in [3.8, 4) is 11.5 Å². The molecule has 0 aliphatic carbocycles. The first kappa shape index (κ1) is 19.5. The Morgan fingerprint density at radius 3 is 2.47 bits per heavy atom. The number of ether oxygens (including phenoxy) is 1. The second-order valence-electron chi connectivity index (χ2n) is 6.45. The quantitative estimate of drug-likeness (QED) is 0.434. The minimum absolute atomic E-state index is 0.00598. The maximum absolute atomic E-state index is 13.2. The van der Waals surface area contributed by atoms with Gasteiger partial charge in [0.2, 0.25) is 0 Å². The fourth-order valence-corrected chi connectivity index (χ4v) is 4.56. The van der Waals surface area contributed by atoms with Crippen molar-refractivity contribution in [3.05, 3.63) is 77.8 Å². The molecule has 4 aromatic rings. The number of hydrogen-bond acceptors (Lipinski definition) is 7. The second kappa shape index (κ2) is 7.53. The lowest BCUT2D eigenvalue weighted by Crippen LogP contribution is -2.11. The van der Waals surface area contributed by atoms with E-state index >= 15 is 0 Å². The first-order chi connectivity index (χ1) is 14.4. The zero-order valence-corrected chi connectivity index (χ0v) is 16.6. The van der Waals surface area contributed by atoms with Crippen molar-refractivity contribution in [2.75, 3.05) is 12.4 Å². The Morgan fingerprint density at radius 2 is 1.80 bits per heavy atom. The number of nitrogens with one attached hydrogen (secondary N) is 1. The molecule has 1 aromatic heterocycles. The molecular formula is C21H17N3O5S. The molecule has 4 rings (SSSR count). The maximum atomic E-state index is 13.2. The normalized spacial score (nSPS) is 11.4. The molecule has 3 aromatic carbocycles. The minimum atomic E-state index is -3.98. The molecule has 1 heterocycles. The van der Waals surface area contributed by atoms with Gasteiger partial charge in [0.25, 0.3) is 10.0 Å². The van der Waals surface area contributed by atoms with E-state index in [4.69, 9.17) is 4.74 Å². The van der Waals surface area contributed by atoms with Gasteiger partial charge in [-0.3, -0.25) is 0 Å². The highest BCUT2D eigenvalue weighted by Crippen LogP contribution is 2.36. The van der Waals surface area contributed by atoms with Gasteiger partial charge in [-0.2, -0.15) is 0 Å². The lowest BCUT2D eigenvalue weighted by molar-refractivity contribution is 0.414. The summed E-state index contributed by atoms with van der Waals surface area (Å²) in [6.07, 6.45) is 1.38. The summed E-state index contributed by atoms with van der Waals surface area (Å²) in [5, 5.41) is 16.3. The van der Waals surface area contributed by atoms with Crippen molar-refractivity contribution < 1.29 is 18.3 Å². The Bertz CT molecular complexity index is 1350. The second-order valence-corrected chi connectivity index (χ2v) is 8.27. The van der Waals surface area contributed by atoms with Crippen LogP contribution in [0.1, 0.15) is 0 Å². The molecule has 0 fully saturated rings. The van der Waals surface area contributed by atoms with Crippen LogP contribution in [-0.2, 0) is 10.0 Å². The molecule has 152 valence electrons. The van der Waals surface area contributed by atoms with Crippen LogP contribution in [0.25, 0.3) is 10.9 Å². The largest absolute Gasteiger partial charge is 0.508 e. The Balaban J connectivity index is 1.86. The molecule has 0 amide bonds. The summed E-state index contributed by atoms with van der Waals surface area (Å²) in [6, 6.07) is 17.1. The molecule has 2 N–H and O–H groups in total. The van der Waals surface area contributed by atoms with E-state index in [1.165, 1.54) is 43.6 Å². The number of phenolic OH excluding ortho intramolecular Hbond substituents is 1. The molecule has 30 heavy (non-hydrogen) atoms. The highest BCUT2D eigenvalue weighted by Gasteiger charge is 2.22. The molecule has 8 nitrogen and oxygen atoms in total. The van der Waals surface area contributed by atoms with Gasteiger partial charge in [0.15, 0.2) is 0 Å². The topological polar surface area (TPSA) is 110 Å². The molecule has 0 unspecified atom stereocenters. The maximum Gasteiger partial charge on any atom is 0.268 e. The molecule has 0 saturated heterocycles. The first-order valence-electron chi connectivity index (χ1n) is 8.87. The predicted octanol–water partition coefficient (Wildman–Crippen LogP) is 4.73. The van der Waals surface area contributed by atoms with Crippen LogP contribution in [0.3, 0.4) is 0 Å². The third-order valence-electron chi connectivity index (χ3n) is 4.63. The van der Waals surface area contributed by atoms with Gasteiger partial charge in [-0.15, -0.1) is 4.91 Å².